The van der Waals surface area contributed by atoms with E-state index < -0.39 is 0 Å². The fourth-order valence-corrected chi connectivity index (χ4v) is 0. The summed E-state index contributed by atoms with van der Waals surface area (Å²) in [5.74, 6) is -0.153. The zero-order valence-corrected chi connectivity index (χ0v) is 2.83. The van der Waals surface area contributed by atoms with Gasteiger partial charge in [0.1, 0.15) is 5.94 Å². The molecule has 0 radical (unpaired) electrons. The topological polar surface area (TPSA) is 9.23 Å². The van der Waals surface area contributed by atoms with Crippen LogP contribution >= 0.6 is 12.6 Å². The molecule has 0 amide bonds. The minimum atomic E-state index is -0.153. The van der Waals surface area contributed by atoms with Crippen LogP contribution in [0.4, 0.5) is 4.53 Å². The van der Waals surface area contributed by atoms with Gasteiger partial charge < -0.3 is 0 Å². The smallest absolute Gasteiger partial charge is 0.130 e. The van der Waals surface area contributed by atoms with E-state index in [4.69, 9.17) is 0 Å². The highest BCUT2D eigenvalue weighted by molar-refractivity contribution is 7.80. The Morgan fingerprint density at radius 2 is 2.25 bits per heavy atom. The van der Waals surface area contributed by atoms with E-state index in [-0.39, 0.29) is 5.94 Å². The van der Waals surface area contributed by atoms with E-state index in [2.05, 4.69) is 17.6 Å². The average molecular weight is 82.1 g/mol. The Kier molecular flexibility index (Phi) is 3.43. The van der Waals surface area contributed by atoms with Gasteiger partial charge in [0.25, 0.3) is 0 Å². The van der Waals surface area contributed by atoms with Crippen LogP contribution in [-0.2, 0) is 4.94 Å². The van der Waals surface area contributed by atoms with Crippen molar-refractivity contribution in [3.63, 3.8) is 0 Å². The van der Waals surface area contributed by atoms with Crippen molar-refractivity contribution in [3.05, 3.63) is 0 Å². The van der Waals surface area contributed by atoms with Crippen molar-refractivity contribution in [2.75, 3.05) is 5.94 Å². The summed E-state index contributed by atoms with van der Waals surface area (Å²) in [6, 6.07) is 0. The third-order valence-corrected chi connectivity index (χ3v) is 0.146. The fourth-order valence-electron chi connectivity index (χ4n) is 0. The molecule has 0 saturated carbocycles. The Bertz CT molecular complexity index is 10.0. The molecule has 0 aliphatic carbocycles. The Morgan fingerprint density at radius 3 is 2.25 bits per heavy atom. The van der Waals surface area contributed by atoms with Crippen LogP contribution in [0, 0.1) is 0 Å². The summed E-state index contributed by atoms with van der Waals surface area (Å²) in [6.07, 6.45) is 0. The SMILES string of the molecule is FOCS. The molecule has 26 valence electrons. The number of rotatable bonds is 1. The molecule has 0 N–H and O–H groups in total. The third-order valence-electron chi connectivity index (χ3n) is 0.0488. The minimum Gasteiger partial charge on any atom is -0.183 e. The van der Waals surface area contributed by atoms with Gasteiger partial charge in [-0.25, -0.2) is 0 Å². The van der Waals surface area contributed by atoms with E-state index in [1.807, 2.05) is 0 Å². The van der Waals surface area contributed by atoms with Crippen molar-refractivity contribution in [2.45, 2.75) is 0 Å². The summed E-state index contributed by atoms with van der Waals surface area (Å²) in [4.78, 5) is 2.91. The van der Waals surface area contributed by atoms with Gasteiger partial charge >= 0.3 is 0 Å². The number of hydrogen-bond acceptors (Lipinski definition) is 2. The molecule has 4 heavy (non-hydrogen) atoms. The molecule has 0 aromatic rings. The van der Waals surface area contributed by atoms with Crippen LogP contribution in [0.15, 0.2) is 0 Å². The molecule has 0 aromatic heterocycles. The predicted molar refractivity (Wildman–Crippen MR) is 16.0 cm³/mol. The van der Waals surface area contributed by atoms with Crippen LogP contribution < -0.4 is 0 Å². The van der Waals surface area contributed by atoms with Crippen LogP contribution in [0.3, 0.4) is 0 Å². The second-order valence-corrected chi connectivity index (χ2v) is 0.496. The van der Waals surface area contributed by atoms with Crippen LogP contribution in [0.5, 0.6) is 0 Å². The number of hydrogen-bond donors (Lipinski definition) is 1. The zero-order chi connectivity index (χ0) is 3.41. The monoisotopic (exact) mass is 82.0 g/mol. The molecule has 0 aromatic carbocycles. The first-order valence-electron chi connectivity index (χ1n) is 0.759. The van der Waals surface area contributed by atoms with E-state index in [9.17, 15) is 4.53 Å². The highest BCUT2D eigenvalue weighted by Crippen LogP contribution is 1.72. The highest BCUT2D eigenvalue weighted by atomic mass is 32.1. The molecule has 0 bridgehead atoms. The molecule has 0 aliphatic heterocycles. The summed E-state index contributed by atoms with van der Waals surface area (Å²) in [5, 5.41) is 0. The second-order valence-electron chi connectivity index (χ2n) is 0.238. The normalized spacial score (nSPS) is 7.50. The largest absolute Gasteiger partial charge is 0.183 e. The van der Waals surface area contributed by atoms with Crippen molar-refractivity contribution >= 4 is 12.6 Å². The van der Waals surface area contributed by atoms with Gasteiger partial charge in [-0.05, 0) is 4.53 Å². The molecule has 0 aliphatic rings. The Hall–Kier alpha value is 0.240. The molecule has 0 spiro atoms. The molecular formula is CH3FOS. The third kappa shape index (κ3) is 2.24. The lowest BCUT2D eigenvalue weighted by Crippen LogP contribution is -1.60. The van der Waals surface area contributed by atoms with Gasteiger partial charge in [0.05, 0.1) is 0 Å². The van der Waals surface area contributed by atoms with Gasteiger partial charge in [-0.3, -0.25) is 0 Å². The standard InChI is InChI=1S/CH3FOS/c2-3-1-4/h4H,1H2. The molecule has 1 nitrogen and oxygen atoms in total. The van der Waals surface area contributed by atoms with E-state index in [0.29, 0.717) is 0 Å². The van der Waals surface area contributed by atoms with Crippen molar-refractivity contribution in [3.8, 4) is 0 Å². The van der Waals surface area contributed by atoms with Gasteiger partial charge in [0, 0.05) is 0 Å². The summed E-state index contributed by atoms with van der Waals surface area (Å²) in [6.45, 7) is 0. The lowest BCUT2D eigenvalue weighted by Gasteiger charge is -1.67. The Balaban J connectivity index is 1.97. The Morgan fingerprint density at radius 1 is 2.00 bits per heavy atom. The van der Waals surface area contributed by atoms with E-state index >= 15 is 0 Å². The number of thiol groups is 1. The molecule has 3 heteroatoms. The van der Waals surface area contributed by atoms with Crippen molar-refractivity contribution in [1.29, 1.82) is 0 Å². The summed E-state index contributed by atoms with van der Waals surface area (Å²) >= 11 is 3.32. The maximum atomic E-state index is 10.1. The second kappa shape index (κ2) is 3.24. The van der Waals surface area contributed by atoms with Gasteiger partial charge in [0.2, 0.25) is 0 Å². The molecule has 0 fully saturated rings. The van der Waals surface area contributed by atoms with Crippen molar-refractivity contribution < 1.29 is 9.47 Å². The quantitative estimate of drug-likeness (QED) is 0.363. The van der Waals surface area contributed by atoms with Gasteiger partial charge in [-0.15, -0.1) is 12.6 Å². The maximum Gasteiger partial charge on any atom is 0.130 e. The first kappa shape index (κ1) is 4.24. The van der Waals surface area contributed by atoms with Gasteiger partial charge in [0.15, 0.2) is 0 Å². The summed E-state index contributed by atoms with van der Waals surface area (Å²) in [7, 11) is 0. The Labute approximate surface area is 29.1 Å². The van der Waals surface area contributed by atoms with Crippen LogP contribution in [0.1, 0.15) is 0 Å². The van der Waals surface area contributed by atoms with Gasteiger partial charge in [-0.1, -0.05) is 0 Å². The lowest BCUT2D eigenvalue weighted by atomic mass is 11.7. The van der Waals surface area contributed by atoms with Crippen LogP contribution in [0.25, 0.3) is 0 Å². The molecule has 0 heterocycles. The molecular weight excluding hydrogens is 79.1 g/mol. The maximum absolute atomic E-state index is 10.1. The molecule has 0 unspecified atom stereocenters. The van der Waals surface area contributed by atoms with E-state index in [1.165, 1.54) is 0 Å². The van der Waals surface area contributed by atoms with Crippen LogP contribution in [0.2, 0.25) is 0 Å². The molecule has 0 rings (SSSR count). The lowest BCUT2D eigenvalue weighted by molar-refractivity contribution is -0.105. The van der Waals surface area contributed by atoms with E-state index in [0.717, 1.165) is 0 Å². The highest BCUT2D eigenvalue weighted by Gasteiger charge is 1.58. The predicted octanol–water partition coefficient (Wildman–Crippen LogP) is 0.775. The van der Waals surface area contributed by atoms with E-state index in [1.54, 1.807) is 0 Å². The first-order chi connectivity index (χ1) is 1.91. The van der Waals surface area contributed by atoms with Crippen LogP contribution in [-0.4, -0.2) is 5.94 Å². The summed E-state index contributed by atoms with van der Waals surface area (Å²) in [5.41, 5.74) is 0. The summed E-state index contributed by atoms with van der Waals surface area (Å²) < 4.78 is 10.1. The first-order valence-corrected chi connectivity index (χ1v) is 1.39. The van der Waals surface area contributed by atoms with Crippen molar-refractivity contribution in [2.24, 2.45) is 0 Å². The van der Waals surface area contributed by atoms with Crippen molar-refractivity contribution in [1.82, 2.24) is 0 Å². The average Bonchev–Trinajstić information content (AvgIpc) is 1.37. The fraction of sp³-hybridized carbons (Fsp3) is 1.00. The molecule has 0 atom stereocenters. The number of halogens is 1. The molecule has 0 saturated heterocycles. The zero-order valence-electron chi connectivity index (χ0n) is 1.94. The minimum absolute atomic E-state index is 0.153. The van der Waals surface area contributed by atoms with Gasteiger partial charge in [-0.2, -0.15) is 4.94 Å².